The minimum absolute atomic E-state index is 0.105. The molecular formula is C26H27NO2. The molecule has 4 rings (SSSR count). The summed E-state index contributed by atoms with van der Waals surface area (Å²) in [4.78, 5) is 14.9. The second-order valence-corrected chi connectivity index (χ2v) is 7.73. The van der Waals surface area contributed by atoms with Crippen LogP contribution >= 0.6 is 0 Å². The van der Waals surface area contributed by atoms with Gasteiger partial charge in [-0.15, -0.1) is 0 Å². The van der Waals surface area contributed by atoms with Crippen molar-refractivity contribution in [3.8, 4) is 5.75 Å². The summed E-state index contributed by atoms with van der Waals surface area (Å²) in [5, 5.41) is 0. The standard InChI is InChI=1S/C26H27NO2/c28-26(27-16-14-22(15-17-27)18-21-8-3-1-4-9-21)24-12-7-13-25(19-24)29-20-23-10-5-2-6-11-23/h1-13,19,22H,14-18,20H2. The van der Waals surface area contributed by atoms with Gasteiger partial charge in [0.2, 0.25) is 0 Å². The zero-order chi connectivity index (χ0) is 19.9. The van der Waals surface area contributed by atoms with Crippen molar-refractivity contribution in [2.75, 3.05) is 13.1 Å². The molecule has 1 fully saturated rings. The first-order valence-electron chi connectivity index (χ1n) is 10.4. The van der Waals surface area contributed by atoms with E-state index in [2.05, 4.69) is 30.3 Å². The summed E-state index contributed by atoms with van der Waals surface area (Å²) in [6.45, 7) is 2.15. The van der Waals surface area contributed by atoms with Gasteiger partial charge < -0.3 is 9.64 Å². The molecule has 0 aromatic heterocycles. The lowest BCUT2D eigenvalue weighted by Gasteiger charge is -2.32. The molecule has 0 saturated carbocycles. The maximum Gasteiger partial charge on any atom is 0.253 e. The third-order valence-corrected chi connectivity index (χ3v) is 5.60. The van der Waals surface area contributed by atoms with Crippen molar-refractivity contribution in [1.29, 1.82) is 0 Å². The molecule has 0 radical (unpaired) electrons. The van der Waals surface area contributed by atoms with Gasteiger partial charge in [0.1, 0.15) is 12.4 Å². The van der Waals surface area contributed by atoms with Crippen LogP contribution in [-0.2, 0) is 13.0 Å². The predicted molar refractivity (Wildman–Crippen MR) is 116 cm³/mol. The molecule has 0 bridgehead atoms. The first-order valence-corrected chi connectivity index (χ1v) is 10.4. The summed E-state index contributed by atoms with van der Waals surface area (Å²) in [6.07, 6.45) is 3.22. The Morgan fingerprint density at radius 3 is 2.17 bits per heavy atom. The van der Waals surface area contributed by atoms with E-state index in [1.54, 1.807) is 0 Å². The first kappa shape index (κ1) is 19.3. The smallest absolute Gasteiger partial charge is 0.253 e. The Morgan fingerprint density at radius 2 is 1.48 bits per heavy atom. The second-order valence-electron chi connectivity index (χ2n) is 7.73. The molecular weight excluding hydrogens is 358 g/mol. The molecule has 1 aliphatic rings. The van der Waals surface area contributed by atoms with Crippen LogP contribution in [-0.4, -0.2) is 23.9 Å². The number of carbonyl (C=O) groups excluding carboxylic acids is 1. The molecule has 1 aliphatic heterocycles. The van der Waals surface area contributed by atoms with Gasteiger partial charge in [-0.2, -0.15) is 0 Å². The van der Waals surface area contributed by atoms with Crippen LogP contribution in [0, 0.1) is 5.92 Å². The van der Waals surface area contributed by atoms with E-state index >= 15 is 0 Å². The Balaban J connectivity index is 1.31. The lowest BCUT2D eigenvalue weighted by atomic mass is 9.90. The molecule has 0 unspecified atom stereocenters. The van der Waals surface area contributed by atoms with E-state index in [1.807, 2.05) is 59.5 Å². The first-order chi connectivity index (χ1) is 14.3. The number of carbonyl (C=O) groups is 1. The van der Waals surface area contributed by atoms with Gasteiger partial charge in [-0.3, -0.25) is 4.79 Å². The quantitative estimate of drug-likeness (QED) is 0.572. The number of nitrogens with zero attached hydrogens (tertiary/aromatic N) is 1. The van der Waals surface area contributed by atoms with Crippen LogP contribution < -0.4 is 4.74 Å². The fourth-order valence-corrected chi connectivity index (χ4v) is 3.93. The molecule has 1 saturated heterocycles. The van der Waals surface area contributed by atoms with Crippen LogP contribution in [0.2, 0.25) is 0 Å². The molecule has 3 aromatic carbocycles. The zero-order valence-electron chi connectivity index (χ0n) is 16.7. The van der Waals surface area contributed by atoms with Crippen molar-refractivity contribution in [2.45, 2.75) is 25.9 Å². The summed E-state index contributed by atoms with van der Waals surface area (Å²) in [7, 11) is 0. The fraction of sp³-hybridized carbons (Fsp3) is 0.269. The topological polar surface area (TPSA) is 29.5 Å². The minimum atomic E-state index is 0.105. The van der Waals surface area contributed by atoms with E-state index in [9.17, 15) is 4.79 Å². The molecule has 3 aromatic rings. The number of amides is 1. The monoisotopic (exact) mass is 385 g/mol. The predicted octanol–water partition coefficient (Wildman–Crippen LogP) is 5.36. The van der Waals surface area contributed by atoms with E-state index in [0.717, 1.165) is 43.7 Å². The van der Waals surface area contributed by atoms with Gasteiger partial charge in [-0.05, 0) is 54.5 Å². The minimum Gasteiger partial charge on any atom is -0.489 e. The van der Waals surface area contributed by atoms with Gasteiger partial charge >= 0.3 is 0 Å². The van der Waals surface area contributed by atoms with Crippen LogP contribution in [0.15, 0.2) is 84.9 Å². The zero-order valence-corrected chi connectivity index (χ0v) is 16.7. The third kappa shape index (κ3) is 5.26. The molecule has 29 heavy (non-hydrogen) atoms. The van der Waals surface area contributed by atoms with Crippen LogP contribution in [0.1, 0.15) is 34.3 Å². The van der Waals surface area contributed by atoms with Crippen LogP contribution in [0.3, 0.4) is 0 Å². The highest BCUT2D eigenvalue weighted by atomic mass is 16.5. The third-order valence-electron chi connectivity index (χ3n) is 5.60. The lowest BCUT2D eigenvalue weighted by molar-refractivity contribution is 0.0690. The van der Waals surface area contributed by atoms with Crippen LogP contribution in [0.5, 0.6) is 5.75 Å². The largest absolute Gasteiger partial charge is 0.489 e. The highest BCUT2D eigenvalue weighted by Gasteiger charge is 2.24. The summed E-state index contributed by atoms with van der Waals surface area (Å²) in [6, 6.07) is 28.3. The molecule has 1 amide bonds. The summed E-state index contributed by atoms with van der Waals surface area (Å²) in [5.41, 5.74) is 3.21. The molecule has 3 nitrogen and oxygen atoms in total. The fourth-order valence-electron chi connectivity index (χ4n) is 3.93. The van der Waals surface area contributed by atoms with Crippen molar-refractivity contribution in [3.05, 3.63) is 102 Å². The number of benzene rings is 3. The average Bonchev–Trinajstić information content (AvgIpc) is 2.79. The maximum absolute atomic E-state index is 13.0. The second kappa shape index (κ2) is 9.42. The van der Waals surface area contributed by atoms with Crippen LogP contribution in [0.25, 0.3) is 0 Å². The Labute approximate surface area is 172 Å². The van der Waals surface area contributed by atoms with Crippen LogP contribution in [0.4, 0.5) is 0 Å². The van der Waals surface area contributed by atoms with Gasteiger partial charge in [0, 0.05) is 18.7 Å². The van der Waals surface area contributed by atoms with Gasteiger partial charge in [0.25, 0.3) is 5.91 Å². The number of ether oxygens (including phenoxy) is 1. The summed E-state index contributed by atoms with van der Waals surface area (Å²) < 4.78 is 5.88. The Hall–Kier alpha value is -3.07. The molecule has 0 aliphatic carbocycles. The lowest BCUT2D eigenvalue weighted by Crippen LogP contribution is -2.38. The highest BCUT2D eigenvalue weighted by molar-refractivity contribution is 5.94. The highest BCUT2D eigenvalue weighted by Crippen LogP contribution is 2.24. The molecule has 1 heterocycles. The molecule has 3 heteroatoms. The molecule has 148 valence electrons. The van der Waals surface area contributed by atoms with Crippen molar-refractivity contribution < 1.29 is 9.53 Å². The van der Waals surface area contributed by atoms with Gasteiger partial charge in [-0.1, -0.05) is 66.7 Å². The Kier molecular flexibility index (Phi) is 6.25. The van der Waals surface area contributed by atoms with E-state index < -0.39 is 0 Å². The number of hydrogen-bond acceptors (Lipinski definition) is 2. The average molecular weight is 386 g/mol. The normalized spacial score (nSPS) is 14.6. The van der Waals surface area contributed by atoms with Gasteiger partial charge in [0.15, 0.2) is 0 Å². The number of likely N-dealkylation sites (tertiary alicyclic amines) is 1. The van der Waals surface area contributed by atoms with E-state index in [0.29, 0.717) is 18.1 Å². The van der Waals surface area contributed by atoms with Gasteiger partial charge in [0.05, 0.1) is 0 Å². The Morgan fingerprint density at radius 1 is 0.828 bits per heavy atom. The van der Waals surface area contributed by atoms with E-state index in [1.165, 1.54) is 5.56 Å². The Bertz CT molecular complexity index is 916. The molecule has 0 atom stereocenters. The number of piperidine rings is 1. The SMILES string of the molecule is O=C(c1cccc(OCc2ccccc2)c1)N1CCC(Cc2ccccc2)CC1. The molecule has 0 N–H and O–H groups in total. The van der Waals surface area contributed by atoms with E-state index in [-0.39, 0.29) is 5.91 Å². The summed E-state index contributed by atoms with van der Waals surface area (Å²) >= 11 is 0. The molecule has 0 spiro atoms. The van der Waals surface area contributed by atoms with Crippen molar-refractivity contribution in [3.63, 3.8) is 0 Å². The van der Waals surface area contributed by atoms with Crippen molar-refractivity contribution in [1.82, 2.24) is 4.90 Å². The number of rotatable bonds is 6. The maximum atomic E-state index is 13.0. The van der Waals surface area contributed by atoms with Crippen molar-refractivity contribution >= 4 is 5.91 Å². The summed E-state index contributed by atoms with van der Waals surface area (Å²) in [5.74, 6) is 1.49. The van der Waals surface area contributed by atoms with E-state index in [4.69, 9.17) is 4.74 Å². The number of hydrogen-bond donors (Lipinski definition) is 0. The van der Waals surface area contributed by atoms with Gasteiger partial charge in [-0.25, -0.2) is 0 Å². The van der Waals surface area contributed by atoms with Crippen molar-refractivity contribution in [2.24, 2.45) is 5.92 Å².